The second kappa shape index (κ2) is 7.05. The zero-order chi connectivity index (χ0) is 15.4. The minimum absolute atomic E-state index is 0.149. The van der Waals surface area contributed by atoms with E-state index in [0.717, 1.165) is 25.4 Å². The van der Waals surface area contributed by atoms with Crippen LogP contribution >= 0.6 is 0 Å². The van der Waals surface area contributed by atoms with Crippen LogP contribution in [0.1, 0.15) is 30.4 Å². The van der Waals surface area contributed by atoms with Crippen molar-refractivity contribution in [2.24, 2.45) is 13.0 Å². The van der Waals surface area contributed by atoms with Gasteiger partial charge in [0.15, 0.2) is 0 Å². The Morgan fingerprint density at radius 1 is 1.23 bits per heavy atom. The Bertz CT molecular complexity index is 591. The Morgan fingerprint density at radius 2 is 2.05 bits per heavy atom. The standard InChI is InChI=1S/C18H24FN3/c1-21-12-17(11-20-21)14-22-10-2-3-16(13-22)5-4-15-6-8-18(19)9-7-15/h6-9,11-12,16H,2-5,10,13-14H2,1H3/t16-/m0/s1. The highest BCUT2D eigenvalue weighted by molar-refractivity contribution is 5.16. The summed E-state index contributed by atoms with van der Waals surface area (Å²) in [7, 11) is 1.96. The van der Waals surface area contributed by atoms with E-state index in [1.807, 2.05) is 30.1 Å². The van der Waals surface area contributed by atoms with Gasteiger partial charge in [0.2, 0.25) is 0 Å². The summed E-state index contributed by atoms with van der Waals surface area (Å²) in [6.45, 7) is 3.35. The summed E-state index contributed by atoms with van der Waals surface area (Å²) in [5.74, 6) is 0.597. The lowest BCUT2D eigenvalue weighted by atomic mass is 9.91. The predicted octanol–water partition coefficient (Wildman–Crippen LogP) is 3.40. The summed E-state index contributed by atoms with van der Waals surface area (Å²) in [5.41, 5.74) is 2.53. The molecule has 1 aromatic heterocycles. The van der Waals surface area contributed by atoms with Gasteiger partial charge in [0.05, 0.1) is 6.20 Å². The zero-order valence-electron chi connectivity index (χ0n) is 13.2. The van der Waals surface area contributed by atoms with Crippen molar-refractivity contribution in [3.8, 4) is 0 Å². The largest absolute Gasteiger partial charge is 0.299 e. The first kappa shape index (κ1) is 15.2. The lowest BCUT2D eigenvalue weighted by Gasteiger charge is -2.32. The van der Waals surface area contributed by atoms with Gasteiger partial charge >= 0.3 is 0 Å². The van der Waals surface area contributed by atoms with Crippen LogP contribution in [0, 0.1) is 11.7 Å². The molecule has 0 saturated carbocycles. The van der Waals surface area contributed by atoms with Crippen LogP contribution < -0.4 is 0 Å². The maximum Gasteiger partial charge on any atom is 0.123 e. The molecule has 3 rings (SSSR count). The van der Waals surface area contributed by atoms with Gasteiger partial charge in [0, 0.05) is 31.9 Å². The Morgan fingerprint density at radius 3 is 2.77 bits per heavy atom. The van der Waals surface area contributed by atoms with Gasteiger partial charge in [-0.25, -0.2) is 4.39 Å². The van der Waals surface area contributed by atoms with E-state index in [1.54, 1.807) is 12.1 Å². The van der Waals surface area contributed by atoms with Gasteiger partial charge in [-0.05, 0) is 55.8 Å². The molecule has 1 fully saturated rings. The Kier molecular flexibility index (Phi) is 4.88. The molecule has 0 aliphatic carbocycles. The van der Waals surface area contributed by atoms with Gasteiger partial charge in [-0.3, -0.25) is 9.58 Å². The quantitative estimate of drug-likeness (QED) is 0.844. The summed E-state index contributed by atoms with van der Waals surface area (Å²) in [6.07, 6.45) is 8.88. The van der Waals surface area contributed by atoms with E-state index in [1.165, 1.54) is 36.9 Å². The molecule has 1 saturated heterocycles. The van der Waals surface area contributed by atoms with Gasteiger partial charge in [0.1, 0.15) is 5.82 Å². The number of piperidine rings is 1. The predicted molar refractivity (Wildman–Crippen MR) is 85.9 cm³/mol. The topological polar surface area (TPSA) is 21.1 Å². The van der Waals surface area contributed by atoms with Crippen LogP contribution in [0.2, 0.25) is 0 Å². The van der Waals surface area contributed by atoms with Gasteiger partial charge in [-0.1, -0.05) is 12.1 Å². The number of hydrogen-bond acceptors (Lipinski definition) is 2. The smallest absolute Gasteiger partial charge is 0.123 e. The lowest BCUT2D eigenvalue weighted by molar-refractivity contribution is 0.162. The zero-order valence-corrected chi connectivity index (χ0v) is 13.2. The van der Waals surface area contributed by atoms with Crippen LogP contribution in [0.4, 0.5) is 4.39 Å². The minimum atomic E-state index is -0.149. The molecule has 0 spiro atoms. The van der Waals surface area contributed by atoms with Gasteiger partial charge in [-0.2, -0.15) is 5.10 Å². The second-order valence-corrected chi connectivity index (χ2v) is 6.43. The normalized spacial score (nSPS) is 19.5. The molecule has 2 aromatic rings. The van der Waals surface area contributed by atoms with Crippen LogP contribution in [0.25, 0.3) is 0 Å². The third kappa shape index (κ3) is 4.17. The third-order valence-electron chi connectivity index (χ3n) is 4.52. The van der Waals surface area contributed by atoms with Crippen molar-refractivity contribution in [3.63, 3.8) is 0 Å². The first-order valence-corrected chi connectivity index (χ1v) is 8.13. The molecule has 22 heavy (non-hydrogen) atoms. The first-order chi connectivity index (χ1) is 10.7. The number of hydrogen-bond donors (Lipinski definition) is 0. The Labute approximate surface area is 131 Å². The van der Waals surface area contributed by atoms with Crippen molar-refractivity contribution in [2.75, 3.05) is 13.1 Å². The fraction of sp³-hybridized carbons (Fsp3) is 0.500. The first-order valence-electron chi connectivity index (χ1n) is 8.13. The van der Waals surface area contributed by atoms with E-state index < -0.39 is 0 Å². The number of aromatic nitrogens is 2. The molecule has 4 heteroatoms. The maximum absolute atomic E-state index is 12.9. The minimum Gasteiger partial charge on any atom is -0.299 e. The van der Waals surface area contributed by atoms with Crippen LogP contribution in [-0.2, 0) is 20.0 Å². The summed E-state index contributed by atoms with van der Waals surface area (Å²) in [6, 6.07) is 6.94. The highest BCUT2D eigenvalue weighted by Crippen LogP contribution is 2.23. The number of halogens is 1. The van der Waals surface area contributed by atoms with Crippen LogP contribution in [0.3, 0.4) is 0 Å². The van der Waals surface area contributed by atoms with Crippen LogP contribution in [-0.4, -0.2) is 27.8 Å². The Balaban J connectivity index is 1.49. The monoisotopic (exact) mass is 301 g/mol. The molecular formula is C18H24FN3. The maximum atomic E-state index is 12.9. The fourth-order valence-electron chi connectivity index (χ4n) is 3.36. The summed E-state index contributed by atoms with van der Waals surface area (Å²) in [4.78, 5) is 2.54. The van der Waals surface area contributed by atoms with Gasteiger partial charge in [0.25, 0.3) is 0 Å². The molecular weight excluding hydrogens is 277 g/mol. The van der Waals surface area contributed by atoms with Crippen molar-refractivity contribution in [1.29, 1.82) is 0 Å². The van der Waals surface area contributed by atoms with Gasteiger partial charge in [-0.15, -0.1) is 0 Å². The molecule has 0 radical (unpaired) electrons. The number of rotatable bonds is 5. The summed E-state index contributed by atoms with van der Waals surface area (Å²) in [5, 5.41) is 4.24. The second-order valence-electron chi connectivity index (χ2n) is 6.43. The summed E-state index contributed by atoms with van der Waals surface area (Å²) >= 11 is 0. The third-order valence-corrected chi connectivity index (χ3v) is 4.52. The van der Waals surface area contributed by atoms with Crippen molar-refractivity contribution in [3.05, 3.63) is 53.6 Å². The SMILES string of the molecule is Cn1cc(CN2CCC[C@@H](CCc3ccc(F)cc3)C2)cn1. The van der Waals surface area contributed by atoms with Crippen molar-refractivity contribution >= 4 is 0 Å². The number of nitrogens with zero attached hydrogens (tertiary/aromatic N) is 3. The van der Waals surface area contributed by atoms with Crippen molar-refractivity contribution < 1.29 is 4.39 Å². The Hall–Kier alpha value is -1.68. The van der Waals surface area contributed by atoms with E-state index in [2.05, 4.69) is 16.2 Å². The molecule has 0 bridgehead atoms. The number of aryl methyl sites for hydroxylation is 2. The number of benzene rings is 1. The van der Waals surface area contributed by atoms with Gasteiger partial charge < -0.3 is 0 Å². The van der Waals surface area contributed by atoms with E-state index >= 15 is 0 Å². The fourth-order valence-corrected chi connectivity index (χ4v) is 3.36. The van der Waals surface area contributed by atoms with Crippen LogP contribution in [0.15, 0.2) is 36.7 Å². The van der Waals surface area contributed by atoms with E-state index in [4.69, 9.17) is 0 Å². The molecule has 1 aliphatic rings. The van der Waals surface area contributed by atoms with E-state index in [0.29, 0.717) is 0 Å². The highest BCUT2D eigenvalue weighted by atomic mass is 19.1. The van der Waals surface area contributed by atoms with Crippen molar-refractivity contribution in [2.45, 2.75) is 32.2 Å². The lowest BCUT2D eigenvalue weighted by Crippen LogP contribution is -2.35. The van der Waals surface area contributed by atoms with Crippen molar-refractivity contribution in [1.82, 2.24) is 14.7 Å². The highest BCUT2D eigenvalue weighted by Gasteiger charge is 2.20. The van der Waals surface area contributed by atoms with E-state index in [-0.39, 0.29) is 5.82 Å². The average Bonchev–Trinajstić information content (AvgIpc) is 2.92. The van der Waals surface area contributed by atoms with E-state index in [9.17, 15) is 4.39 Å². The molecule has 0 N–H and O–H groups in total. The van der Waals surface area contributed by atoms with Crippen LogP contribution in [0.5, 0.6) is 0 Å². The molecule has 1 aromatic carbocycles. The molecule has 0 unspecified atom stereocenters. The molecule has 1 aliphatic heterocycles. The molecule has 1 atom stereocenters. The molecule has 118 valence electrons. The number of likely N-dealkylation sites (tertiary alicyclic amines) is 1. The molecule has 0 amide bonds. The average molecular weight is 301 g/mol. The molecule has 3 nitrogen and oxygen atoms in total. The summed E-state index contributed by atoms with van der Waals surface area (Å²) < 4.78 is 14.8. The molecule has 2 heterocycles.